The third kappa shape index (κ3) is 2.51. The van der Waals surface area contributed by atoms with Gasteiger partial charge >= 0.3 is 0 Å². The second kappa shape index (κ2) is 3.23. The highest BCUT2D eigenvalue weighted by Gasteiger charge is 2.22. The summed E-state index contributed by atoms with van der Waals surface area (Å²) in [4.78, 5) is 0. The molecular weight excluding hydrogens is 165 g/mol. The molecule has 0 aliphatic rings. The maximum Gasteiger partial charge on any atom is 0.126 e. The van der Waals surface area contributed by atoms with Crippen LogP contribution in [0.3, 0.4) is 0 Å². The SMILES string of the molecule is CC(F)(CN)Cc1cnsn1. The van der Waals surface area contributed by atoms with Gasteiger partial charge in [-0.05, 0) is 6.92 Å². The average Bonchev–Trinajstić information content (AvgIpc) is 2.39. The molecule has 5 heteroatoms. The van der Waals surface area contributed by atoms with Gasteiger partial charge in [-0.1, -0.05) is 0 Å². The molecule has 2 N–H and O–H groups in total. The van der Waals surface area contributed by atoms with E-state index in [1.54, 1.807) is 6.20 Å². The van der Waals surface area contributed by atoms with E-state index in [9.17, 15) is 4.39 Å². The molecule has 1 heterocycles. The van der Waals surface area contributed by atoms with Crippen LogP contribution >= 0.6 is 11.7 Å². The fourth-order valence-electron chi connectivity index (χ4n) is 0.712. The normalized spacial score (nSPS) is 16.3. The molecule has 0 bridgehead atoms. The minimum absolute atomic E-state index is 0.0184. The van der Waals surface area contributed by atoms with Crippen molar-refractivity contribution in [3.63, 3.8) is 0 Å². The van der Waals surface area contributed by atoms with Gasteiger partial charge in [0.2, 0.25) is 0 Å². The quantitative estimate of drug-likeness (QED) is 0.738. The number of alkyl halides is 1. The lowest BCUT2D eigenvalue weighted by atomic mass is 10.0. The van der Waals surface area contributed by atoms with Gasteiger partial charge in [-0.3, -0.25) is 0 Å². The van der Waals surface area contributed by atoms with Crippen LogP contribution in [0.25, 0.3) is 0 Å². The van der Waals surface area contributed by atoms with Crippen molar-refractivity contribution in [1.82, 2.24) is 8.75 Å². The maximum absolute atomic E-state index is 13.2. The van der Waals surface area contributed by atoms with E-state index in [1.165, 1.54) is 6.92 Å². The lowest BCUT2D eigenvalue weighted by molar-refractivity contribution is 0.199. The average molecular weight is 175 g/mol. The molecule has 0 amide bonds. The van der Waals surface area contributed by atoms with Crippen LogP contribution in [0.15, 0.2) is 6.20 Å². The van der Waals surface area contributed by atoms with Crippen molar-refractivity contribution in [3.8, 4) is 0 Å². The molecule has 0 saturated heterocycles. The Hall–Kier alpha value is -0.550. The number of aromatic nitrogens is 2. The fraction of sp³-hybridized carbons (Fsp3) is 0.667. The molecule has 0 fully saturated rings. The lowest BCUT2D eigenvalue weighted by Gasteiger charge is -2.15. The first-order chi connectivity index (χ1) is 5.14. The molecule has 0 spiro atoms. The lowest BCUT2D eigenvalue weighted by Crippen LogP contribution is -2.31. The Morgan fingerprint density at radius 1 is 1.82 bits per heavy atom. The van der Waals surface area contributed by atoms with E-state index < -0.39 is 5.67 Å². The Morgan fingerprint density at radius 3 is 3.00 bits per heavy atom. The van der Waals surface area contributed by atoms with Crippen LogP contribution in [-0.4, -0.2) is 21.0 Å². The van der Waals surface area contributed by atoms with Gasteiger partial charge in [0.15, 0.2) is 0 Å². The molecule has 0 radical (unpaired) electrons. The molecule has 1 atom stereocenters. The summed E-state index contributed by atoms with van der Waals surface area (Å²) in [5.74, 6) is 0. The molecule has 3 nitrogen and oxygen atoms in total. The summed E-state index contributed by atoms with van der Waals surface area (Å²) < 4.78 is 20.8. The standard InChI is InChI=1S/C6H10FN3S/c1-6(7,4-8)2-5-3-9-11-10-5/h3H,2,4,8H2,1H3. The summed E-state index contributed by atoms with van der Waals surface area (Å²) in [5.41, 5.74) is 4.52. The number of halogens is 1. The Kier molecular flexibility index (Phi) is 2.51. The molecule has 0 aliphatic carbocycles. The first-order valence-electron chi connectivity index (χ1n) is 3.29. The summed E-state index contributed by atoms with van der Waals surface area (Å²) >= 11 is 1.08. The van der Waals surface area contributed by atoms with Crippen molar-refractivity contribution in [2.45, 2.75) is 19.0 Å². The summed E-state index contributed by atoms with van der Waals surface area (Å²) in [5, 5.41) is 0. The molecule has 1 aromatic rings. The van der Waals surface area contributed by atoms with Crippen molar-refractivity contribution in [3.05, 3.63) is 11.9 Å². The van der Waals surface area contributed by atoms with Gasteiger partial charge in [-0.15, -0.1) is 0 Å². The minimum Gasteiger partial charge on any atom is -0.328 e. The monoisotopic (exact) mass is 175 g/mol. The first kappa shape index (κ1) is 8.55. The second-order valence-electron chi connectivity index (χ2n) is 2.69. The van der Waals surface area contributed by atoms with Crippen molar-refractivity contribution < 1.29 is 4.39 Å². The highest BCUT2D eigenvalue weighted by molar-refractivity contribution is 6.99. The number of hydrogen-bond acceptors (Lipinski definition) is 4. The molecule has 0 aromatic carbocycles. The van der Waals surface area contributed by atoms with E-state index in [-0.39, 0.29) is 13.0 Å². The van der Waals surface area contributed by atoms with Gasteiger partial charge in [-0.25, -0.2) is 4.39 Å². The van der Waals surface area contributed by atoms with Crippen LogP contribution in [-0.2, 0) is 6.42 Å². The number of nitrogens with zero attached hydrogens (tertiary/aromatic N) is 2. The Labute approximate surface area is 68.8 Å². The van der Waals surface area contributed by atoms with Crippen LogP contribution < -0.4 is 5.73 Å². The molecular formula is C6H10FN3S. The van der Waals surface area contributed by atoms with Gasteiger partial charge in [-0.2, -0.15) is 8.75 Å². The smallest absolute Gasteiger partial charge is 0.126 e. The van der Waals surface area contributed by atoms with E-state index in [0.717, 1.165) is 11.7 Å². The van der Waals surface area contributed by atoms with Crippen molar-refractivity contribution in [2.75, 3.05) is 6.54 Å². The predicted octanol–water partition coefficient (Wildman–Crippen LogP) is 0.768. The van der Waals surface area contributed by atoms with Crippen molar-refractivity contribution in [2.24, 2.45) is 5.73 Å². The maximum atomic E-state index is 13.2. The van der Waals surface area contributed by atoms with Crippen LogP contribution in [0.4, 0.5) is 4.39 Å². The van der Waals surface area contributed by atoms with E-state index >= 15 is 0 Å². The number of hydrogen-bond donors (Lipinski definition) is 1. The highest BCUT2D eigenvalue weighted by atomic mass is 32.1. The topological polar surface area (TPSA) is 51.8 Å². The van der Waals surface area contributed by atoms with Gasteiger partial charge in [0.25, 0.3) is 0 Å². The third-order valence-electron chi connectivity index (χ3n) is 1.38. The predicted molar refractivity (Wildman–Crippen MR) is 42.2 cm³/mol. The molecule has 62 valence electrons. The van der Waals surface area contributed by atoms with E-state index in [4.69, 9.17) is 5.73 Å². The Bertz CT molecular complexity index is 210. The molecule has 0 saturated carbocycles. The zero-order chi connectivity index (χ0) is 8.32. The molecule has 1 unspecified atom stereocenters. The summed E-state index contributed by atoms with van der Waals surface area (Å²) in [6.45, 7) is 1.48. The summed E-state index contributed by atoms with van der Waals surface area (Å²) in [6.07, 6.45) is 1.82. The van der Waals surface area contributed by atoms with Crippen LogP contribution in [0, 0.1) is 0 Å². The van der Waals surface area contributed by atoms with Gasteiger partial charge in [0.05, 0.1) is 23.6 Å². The van der Waals surface area contributed by atoms with Gasteiger partial charge in [0.1, 0.15) is 5.67 Å². The van der Waals surface area contributed by atoms with Crippen molar-refractivity contribution >= 4 is 11.7 Å². The zero-order valence-electron chi connectivity index (χ0n) is 6.25. The Balaban J connectivity index is 2.56. The van der Waals surface area contributed by atoms with E-state index in [0.29, 0.717) is 5.69 Å². The minimum atomic E-state index is -1.35. The molecule has 1 aromatic heterocycles. The largest absolute Gasteiger partial charge is 0.328 e. The Morgan fingerprint density at radius 2 is 2.55 bits per heavy atom. The molecule has 1 rings (SSSR count). The zero-order valence-corrected chi connectivity index (χ0v) is 7.07. The number of nitrogens with two attached hydrogens (primary N) is 1. The molecule has 0 aliphatic heterocycles. The van der Waals surface area contributed by atoms with Gasteiger partial charge < -0.3 is 5.73 Å². The second-order valence-corrected chi connectivity index (χ2v) is 3.25. The van der Waals surface area contributed by atoms with Crippen LogP contribution in [0.5, 0.6) is 0 Å². The number of rotatable bonds is 3. The summed E-state index contributed by atoms with van der Waals surface area (Å²) in [7, 11) is 0. The van der Waals surface area contributed by atoms with Crippen LogP contribution in [0.2, 0.25) is 0 Å². The van der Waals surface area contributed by atoms with E-state index in [1.807, 2.05) is 0 Å². The first-order valence-corrected chi connectivity index (χ1v) is 4.02. The summed E-state index contributed by atoms with van der Waals surface area (Å²) in [6, 6.07) is 0. The van der Waals surface area contributed by atoms with Crippen LogP contribution in [0.1, 0.15) is 12.6 Å². The van der Waals surface area contributed by atoms with Crippen molar-refractivity contribution in [1.29, 1.82) is 0 Å². The fourth-order valence-corrected chi connectivity index (χ4v) is 1.14. The molecule has 11 heavy (non-hydrogen) atoms. The third-order valence-corrected chi connectivity index (χ3v) is 1.90. The van der Waals surface area contributed by atoms with Gasteiger partial charge in [0, 0.05) is 13.0 Å². The van der Waals surface area contributed by atoms with E-state index in [2.05, 4.69) is 8.75 Å². The highest BCUT2D eigenvalue weighted by Crippen LogP contribution is 2.14.